The number of aldehydes is 1. The molecule has 14 heavy (non-hydrogen) atoms. The minimum atomic E-state index is 0.569. The number of nitrogens with one attached hydrogen (secondary N) is 1. The first-order chi connectivity index (χ1) is 6.77. The highest BCUT2D eigenvalue weighted by atomic mass is 35.5. The Kier molecular flexibility index (Phi) is 4.18. The molecule has 0 aliphatic heterocycles. The number of carbonyl (C=O) groups excluding carboxylic acids is 1. The van der Waals surface area contributed by atoms with Crippen LogP contribution >= 0.6 is 11.6 Å². The van der Waals surface area contributed by atoms with E-state index in [0.717, 1.165) is 6.29 Å². The van der Waals surface area contributed by atoms with Crippen molar-refractivity contribution in [3.63, 3.8) is 0 Å². The fraction of sp³-hybridized carbons (Fsp3) is 0.182. The number of hydrogen-bond donors (Lipinski definition) is 1. The molecule has 1 aromatic rings. The molecule has 0 unspecified atom stereocenters. The summed E-state index contributed by atoms with van der Waals surface area (Å²) in [7, 11) is 1.82. The predicted octanol–water partition coefficient (Wildman–Crippen LogP) is 1.72. The van der Waals surface area contributed by atoms with E-state index in [0.29, 0.717) is 22.7 Å². The summed E-state index contributed by atoms with van der Waals surface area (Å²) in [4.78, 5) is 10.5. The molecule has 1 rings (SSSR count). The van der Waals surface area contributed by atoms with E-state index >= 15 is 0 Å². The third kappa shape index (κ3) is 2.88. The number of halogens is 1. The van der Waals surface area contributed by atoms with Gasteiger partial charge in [-0.3, -0.25) is 4.79 Å². The number of rotatable bonds is 2. The normalized spacial score (nSPS) is 9.00. The largest absolute Gasteiger partial charge is 0.309 e. The van der Waals surface area contributed by atoms with Gasteiger partial charge in [0.2, 0.25) is 0 Å². The molecule has 0 atom stereocenters. The summed E-state index contributed by atoms with van der Waals surface area (Å²) >= 11 is 5.89. The Morgan fingerprint density at radius 1 is 1.57 bits per heavy atom. The number of hydrogen-bond acceptors (Lipinski definition) is 2. The molecule has 3 heteroatoms. The quantitative estimate of drug-likeness (QED) is 0.591. The summed E-state index contributed by atoms with van der Waals surface area (Å²) in [5.41, 5.74) is 1.27. The highest BCUT2D eigenvalue weighted by Gasteiger charge is 1.97. The molecule has 0 heterocycles. The molecule has 0 amide bonds. The van der Waals surface area contributed by atoms with Crippen LogP contribution in [-0.4, -0.2) is 19.9 Å². The highest BCUT2D eigenvalue weighted by molar-refractivity contribution is 6.31. The van der Waals surface area contributed by atoms with Gasteiger partial charge in [-0.25, -0.2) is 0 Å². The molecule has 0 aliphatic rings. The molecular formula is C11H10ClNO. The summed E-state index contributed by atoms with van der Waals surface area (Å²) < 4.78 is 0. The average Bonchev–Trinajstić information content (AvgIpc) is 2.21. The Balaban J connectivity index is 2.96. The maximum absolute atomic E-state index is 10.5. The van der Waals surface area contributed by atoms with E-state index < -0.39 is 0 Å². The zero-order chi connectivity index (χ0) is 10.4. The first kappa shape index (κ1) is 10.8. The lowest BCUT2D eigenvalue weighted by Gasteiger charge is -1.96. The summed E-state index contributed by atoms with van der Waals surface area (Å²) in [6.45, 7) is 0.599. The van der Waals surface area contributed by atoms with Crippen LogP contribution in [0.4, 0.5) is 0 Å². The monoisotopic (exact) mass is 207 g/mol. The van der Waals surface area contributed by atoms with Gasteiger partial charge in [0, 0.05) is 11.1 Å². The second-order valence-electron chi connectivity index (χ2n) is 2.69. The molecule has 0 aliphatic carbocycles. The third-order valence-electron chi connectivity index (χ3n) is 1.61. The van der Waals surface area contributed by atoms with Gasteiger partial charge in [0.05, 0.1) is 11.6 Å². The first-order valence-electron chi connectivity index (χ1n) is 4.16. The molecule has 0 saturated heterocycles. The molecule has 0 bridgehead atoms. The Hall–Kier alpha value is -1.30. The van der Waals surface area contributed by atoms with E-state index in [4.69, 9.17) is 11.6 Å². The third-order valence-corrected chi connectivity index (χ3v) is 1.94. The van der Waals surface area contributed by atoms with Gasteiger partial charge in [-0.1, -0.05) is 29.5 Å². The van der Waals surface area contributed by atoms with Crippen molar-refractivity contribution in [3.05, 3.63) is 34.3 Å². The molecule has 0 spiro atoms. The fourth-order valence-corrected chi connectivity index (χ4v) is 1.10. The summed E-state index contributed by atoms with van der Waals surface area (Å²) in [6.07, 6.45) is 0.777. The first-order valence-corrected chi connectivity index (χ1v) is 4.54. The average molecular weight is 208 g/mol. The SMILES string of the molecule is CNCC#Cc1cc(C=O)ccc1Cl. The van der Waals surface area contributed by atoms with E-state index in [1.54, 1.807) is 18.2 Å². The van der Waals surface area contributed by atoms with E-state index in [2.05, 4.69) is 17.2 Å². The van der Waals surface area contributed by atoms with E-state index in [9.17, 15) is 4.79 Å². The van der Waals surface area contributed by atoms with Crippen molar-refractivity contribution in [1.82, 2.24) is 5.32 Å². The Morgan fingerprint density at radius 3 is 3.00 bits per heavy atom. The van der Waals surface area contributed by atoms with Crippen molar-refractivity contribution in [3.8, 4) is 11.8 Å². The van der Waals surface area contributed by atoms with Gasteiger partial charge in [0.15, 0.2) is 0 Å². The van der Waals surface area contributed by atoms with Gasteiger partial charge in [0.25, 0.3) is 0 Å². The minimum absolute atomic E-state index is 0.569. The van der Waals surface area contributed by atoms with E-state index in [-0.39, 0.29) is 0 Å². The summed E-state index contributed by atoms with van der Waals surface area (Å²) in [5.74, 6) is 5.77. The van der Waals surface area contributed by atoms with Gasteiger partial charge in [-0.2, -0.15) is 0 Å². The zero-order valence-corrected chi connectivity index (χ0v) is 8.56. The molecule has 0 fully saturated rings. The molecule has 1 N–H and O–H groups in total. The maximum atomic E-state index is 10.5. The summed E-state index contributed by atoms with van der Waals surface area (Å²) in [5, 5.41) is 3.47. The molecule has 72 valence electrons. The Morgan fingerprint density at radius 2 is 2.36 bits per heavy atom. The number of carbonyl (C=O) groups is 1. The van der Waals surface area contributed by atoms with Crippen LogP contribution < -0.4 is 5.32 Å². The molecular weight excluding hydrogens is 198 g/mol. The zero-order valence-electron chi connectivity index (χ0n) is 7.80. The lowest BCUT2D eigenvalue weighted by Crippen LogP contribution is -2.04. The molecule has 1 aromatic carbocycles. The van der Waals surface area contributed by atoms with E-state index in [1.165, 1.54) is 0 Å². The van der Waals surface area contributed by atoms with E-state index in [1.807, 2.05) is 7.05 Å². The van der Waals surface area contributed by atoms with Crippen LogP contribution in [0.5, 0.6) is 0 Å². The smallest absolute Gasteiger partial charge is 0.150 e. The van der Waals surface area contributed by atoms with Crippen molar-refractivity contribution in [2.24, 2.45) is 0 Å². The second-order valence-corrected chi connectivity index (χ2v) is 3.10. The van der Waals surface area contributed by atoms with Gasteiger partial charge in [-0.15, -0.1) is 0 Å². The van der Waals surface area contributed by atoms with Crippen molar-refractivity contribution >= 4 is 17.9 Å². The molecule has 2 nitrogen and oxygen atoms in total. The van der Waals surface area contributed by atoms with Crippen LogP contribution in [0.1, 0.15) is 15.9 Å². The van der Waals surface area contributed by atoms with Crippen LogP contribution in [0.3, 0.4) is 0 Å². The maximum Gasteiger partial charge on any atom is 0.150 e. The number of benzene rings is 1. The molecule has 0 radical (unpaired) electrons. The predicted molar refractivity (Wildman–Crippen MR) is 57.6 cm³/mol. The second kappa shape index (κ2) is 5.43. The Bertz CT molecular complexity index is 390. The lowest BCUT2D eigenvalue weighted by atomic mass is 10.1. The Labute approximate surface area is 88.3 Å². The van der Waals surface area contributed by atoms with Gasteiger partial charge >= 0.3 is 0 Å². The lowest BCUT2D eigenvalue weighted by molar-refractivity contribution is 0.112. The van der Waals surface area contributed by atoms with Gasteiger partial charge in [0.1, 0.15) is 6.29 Å². The van der Waals surface area contributed by atoms with Crippen LogP contribution in [0.15, 0.2) is 18.2 Å². The highest BCUT2D eigenvalue weighted by Crippen LogP contribution is 2.15. The van der Waals surface area contributed by atoms with Crippen molar-refractivity contribution in [1.29, 1.82) is 0 Å². The minimum Gasteiger partial charge on any atom is -0.309 e. The molecule has 0 saturated carbocycles. The van der Waals surface area contributed by atoms with Gasteiger partial charge in [-0.05, 0) is 19.2 Å². The standard InChI is InChI=1S/C11H10ClNO/c1-13-6-2-3-10-7-9(8-14)4-5-11(10)12/h4-5,7-8,13H,6H2,1H3. The van der Waals surface area contributed by atoms with Crippen molar-refractivity contribution in [2.45, 2.75) is 0 Å². The topological polar surface area (TPSA) is 29.1 Å². The fourth-order valence-electron chi connectivity index (χ4n) is 0.940. The van der Waals surface area contributed by atoms with Gasteiger partial charge < -0.3 is 5.32 Å². The van der Waals surface area contributed by atoms with Crippen LogP contribution in [0.2, 0.25) is 5.02 Å². The summed E-state index contributed by atoms with van der Waals surface area (Å²) in [6, 6.07) is 5.02. The van der Waals surface area contributed by atoms with Crippen molar-refractivity contribution < 1.29 is 4.79 Å². The van der Waals surface area contributed by atoms with Crippen LogP contribution in [-0.2, 0) is 0 Å². The van der Waals surface area contributed by atoms with Crippen LogP contribution in [0, 0.1) is 11.8 Å². The molecule has 0 aromatic heterocycles. The van der Waals surface area contributed by atoms with Crippen LogP contribution in [0.25, 0.3) is 0 Å². The van der Waals surface area contributed by atoms with Crippen molar-refractivity contribution in [2.75, 3.05) is 13.6 Å².